The minimum atomic E-state index is -0.863. The van der Waals surface area contributed by atoms with Crippen molar-refractivity contribution in [3.8, 4) is 11.1 Å². The van der Waals surface area contributed by atoms with Gasteiger partial charge in [0.2, 0.25) is 0 Å². The Hall–Kier alpha value is -4.84. The Morgan fingerprint density at radius 2 is 0.861 bits per heavy atom. The molecule has 6 nitrogen and oxygen atoms in total. The van der Waals surface area contributed by atoms with Crippen molar-refractivity contribution in [1.29, 1.82) is 0 Å². The van der Waals surface area contributed by atoms with Crippen LogP contribution in [-0.4, -0.2) is 23.9 Å². The van der Waals surface area contributed by atoms with E-state index in [-0.39, 0.29) is 22.3 Å². The molecule has 0 bridgehead atoms. The summed E-state index contributed by atoms with van der Waals surface area (Å²) in [5.41, 5.74) is 7.62. The zero-order valence-corrected chi connectivity index (χ0v) is 18.6. The number of cyclic esters (lactones) is 4. The summed E-state index contributed by atoms with van der Waals surface area (Å²) >= 11 is 0. The summed E-state index contributed by atoms with van der Waals surface area (Å²) in [5, 5.41) is 0. The van der Waals surface area contributed by atoms with Crippen LogP contribution in [0.1, 0.15) is 74.8 Å². The molecule has 8 rings (SSSR count). The third kappa shape index (κ3) is 2.09. The van der Waals surface area contributed by atoms with Crippen LogP contribution < -0.4 is 0 Å². The normalized spacial score (nSPS) is 17.1. The molecule has 0 atom stereocenters. The van der Waals surface area contributed by atoms with Gasteiger partial charge in [0.15, 0.2) is 0 Å². The maximum absolute atomic E-state index is 12.6. The van der Waals surface area contributed by atoms with Crippen LogP contribution in [0, 0.1) is 0 Å². The standard InChI is InChI=1S/C30H14O6/c31-26-18-10-14-9-15-11-19-21(29(34)36-27(19)32)13-25(15)30(24(14)12-20(18)28(33)35-26)22-7-3-1-5-16(22)17-6-2-4-8-23(17)30/h1-8,10-13H,9H2. The highest BCUT2D eigenvalue weighted by molar-refractivity contribution is 6.16. The maximum atomic E-state index is 12.6. The number of hydrogen-bond acceptors (Lipinski definition) is 6. The summed E-state index contributed by atoms with van der Waals surface area (Å²) in [6.45, 7) is 0. The second-order valence-electron chi connectivity index (χ2n) is 9.48. The molecule has 2 aliphatic heterocycles. The minimum Gasteiger partial charge on any atom is -0.386 e. The molecule has 4 aromatic rings. The molecule has 36 heavy (non-hydrogen) atoms. The third-order valence-corrected chi connectivity index (χ3v) is 7.88. The summed E-state index contributed by atoms with van der Waals surface area (Å²) in [6.07, 6.45) is 0.417. The fourth-order valence-electron chi connectivity index (χ4n) is 6.51. The number of rotatable bonds is 0. The van der Waals surface area contributed by atoms with E-state index in [2.05, 4.69) is 24.3 Å². The number of fused-ring (bicyclic) bond motifs is 11. The van der Waals surface area contributed by atoms with Gasteiger partial charge in [-0.25, -0.2) is 19.2 Å². The van der Waals surface area contributed by atoms with Crippen LogP contribution in [0.2, 0.25) is 0 Å². The molecule has 170 valence electrons. The van der Waals surface area contributed by atoms with Crippen molar-refractivity contribution in [2.75, 3.05) is 0 Å². The Balaban J connectivity index is 1.57. The molecule has 0 saturated carbocycles. The van der Waals surface area contributed by atoms with Crippen molar-refractivity contribution in [3.05, 3.63) is 128 Å². The van der Waals surface area contributed by atoms with Gasteiger partial charge in [0.1, 0.15) is 0 Å². The van der Waals surface area contributed by atoms with Gasteiger partial charge in [-0.2, -0.15) is 0 Å². The summed E-state index contributed by atoms with van der Waals surface area (Å²) in [6, 6.07) is 23.2. The Labute approximate surface area is 204 Å². The average Bonchev–Trinajstić information content (AvgIpc) is 3.45. The highest BCUT2D eigenvalue weighted by Gasteiger charge is 2.52. The molecular formula is C30H14O6. The van der Waals surface area contributed by atoms with E-state index in [9.17, 15) is 19.2 Å². The topological polar surface area (TPSA) is 86.7 Å². The first kappa shape index (κ1) is 19.5. The van der Waals surface area contributed by atoms with E-state index in [0.717, 1.165) is 44.5 Å². The number of carbonyl (C=O) groups is 4. The van der Waals surface area contributed by atoms with E-state index < -0.39 is 29.3 Å². The highest BCUT2D eigenvalue weighted by atomic mass is 16.6. The molecule has 0 N–H and O–H groups in total. The van der Waals surface area contributed by atoms with Crippen LogP contribution in [0.5, 0.6) is 0 Å². The summed E-state index contributed by atoms with van der Waals surface area (Å²) in [5.74, 6) is -2.65. The highest BCUT2D eigenvalue weighted by Crippen LogP contribution is 2.60. The Morgan fingerprint density at radius 1 is 0.472 bits per heavy atom. The van der Waals surface area contributed by atoms with Gasteiger partial charge < -0.3 is 9.47 Å². The van der Waals surface area contributed by atoms with Gasteiger partial charge in [-0.05, 0) is 75.2 Å². The van der Waals surface area contributed by atoms with E-state index in [1.54, 1.807) is 24.3 Å². The van der Waals surface area contributed by atoms with E-state index in [4.69, 9.17) is 9.47 Å². The van der Waals surface area contributed by atoms with Crippen molar-refractivity contribution < 1.29 is 28.7 Å². The van der Waals surface area contributed by atoms with Crippen LogP contribution in [-0.2, 0) is 21.3 Å². The number of carbonyl (C=O) groups excluding carboxylic acids is 4. The lowest BCUT2D eigenvalue weighted by molar-refractivity contribution is 0.0425. The number of hydrogen-bond donors (Lipinski definition) is 0. The Kier molecular flexibility index (Phi) is 3.37. The summed E-state index contributed by atoms with van der Waals surface area (Å²) in [7, 11) is 0. The van der Waals surface area contributed by atoms with E-state index in [1.165, 1.54) is 0 Å². The monoisotopic (exact) mass is 470 g/mol. The molecule has 0 radical (unpaired) electrons. The first-order chi connectivity index (χ1) is 17.5. The fourth-order valence-corrected chi connectivity index (χ4v) is 6.51. The molecule has 0 saturated heterocycles. The predicted molar refractivity (Wildman–Crippen MR) is 126 cm³/mol. The van der Waals surface area contributed by atoms with Crippen LogP contribution in [0.15, 0.2) is 72.8 Å². The number of ether oxygens (including phenoxy) is 2. The lowest BCUT2D eigenvalue weighted by Gasteiger charge is -2.40. The summed E-state index contributed by atoms with van der Waals surface area (Å²) in [4.78, 5) is 50.0. The van der Waals surface area contributed by atoms with Crippen molar-refractivity contribution >= 4 is 23.9 Å². The zero-order valence-electron chi connectivity index (χ0n) is 18.6. The minimum absolute atomic E-state index is 0.235. The van der Waals surface area contributed by atoms with Crippen LogP contribution >= 0.6 is 0 Å². The molecule has 4 aromatic carbocycles. The Morgan fingerprint density at radius 3 is 1.31 bits per heavy atom. The average molecular weight is 470 g/mol. The van der Waals surface area contributed by atoms with Gasteiger partial charge in [-0.1, -0.05) is 48.5 Å². The molecule has 1 spiro atoms. The third-order valence-electron chi connectivity index (χ3n) is 7.88. The van der Waals surface area contributed by atoms with Crippen molar-refractivity contribution in [3.63, 3.8) is 0 Å². The molecule has 4 aliphatic rings. The van der Waals surface area contributed by atoms with E-state index in [0.29, 0.717) is 6.42 Å². The lowest BCUT2D eigenvalue weighted by atomic mass is 9.60. The van der Waals surface area contributed by atoms with Crippen molar-refractivity contribution in [2.24, 2.45) is 0 Å². The number of esters is 4. The second-order valence-corrected chi connectivity index (χ2v) is 9.48. The van der Waals surface area contributed by atoms with Gasteiger partial charge in [0.25, 0.3) is 0 Å². The number of benzene rings is 4. The summed E-state index contributed by atoms with van der Waals surface area (Å²) < 4.78 is 9.85. The molecule has 2 heterocycles. The van der Waals surface area contributed by atoms with Gasteiger partial charge in [-0.3, -0.25) is 0 Å². The molecule has 0 amide bonds. The Bertz CT molecular complexity index is 1660. The first-order valence-corrected chi connectivity index (χ1v) is 11.6. The van der Waals surface area contributed by atoms with Crippen molar-refractivity contribution in [1.82, 2.24) is 0 Å². The molecule has 0 fully saturated rings. The van der Waals surface area contributed by atoms with Crippen LogP contribution in [0.3, 0.4) is 0 Å². The van der Waals surface area contributed by atoms with Crippen LogP contribution in [0.25, 0.3) is 11.1 Å². The molecule has 2 aliphatic carbocycles. The van der Waals surface area contributed by atoms with E-state index >= 15 is 0 Å². The van der Waals surface area contributed by atoms with Crippen LogP contribution in [0.4, 0.5) is 0 Å². The molecular weight excluding hydrogens is 456 g/mol. The second kappa shape index (κ2) is 6.23. The smallest absolute Gasteiger partial charge is 0.346 e. The maximum Gasteiger partial charge on any atom is 0.346 e. The fraction of sp³-hybridized carbons (Fsp3) is 0.0667. The zero-order chi connectivity index (χ0) is 24.3. The van der Waals surface area contributed by atoms with Gasteiger partial charge >= 0.3 is 23.9 Å². The van der Waals surface area contributed by atoms with Gasteiger partial charge in [0, 0.05) is 0 Å². The van der Waals surface area contributed by atoms with Gasteiger partial charge in [0.05, 0.1) is 27.7 Å². The molecule has 6 heteroatoms. The SMILES string of the molecule is O=C1OC(=O)c2cc3c(cc21)Cc1cc2c(cc1C31c3ccccc3-c3ccccc31)C(=O)OC2=O. The first-order valence-electron chi connectivity index (χ1n) is 11.6. The molecule has 0 aromatic heterocycles. The quantitative estimate of drug-likeness (QED) is 0.239. The largest absolute Gasteiger partial charge is 0.386 e. The predicted octanol–water partition coefficient (Wildman–Crippen LogP) is 4.58. The van der Waals surface area contributed by atoms with E-state index in [1.807, 2.05) is 24.3 Å². The van der Waals surface area contributed by atoms with Crippen molar-refractivity contribution in [2.45, 2.75) is 11.8 Å². The molecule has 0 unspecified atom stereocenters. The lowest BCUT2D eigenvalue weighted by Crippen LogP contribution is -2.35. The van der Waals surface area contributed by atoms with Gasteiger partial charge in [-0.15, -0.1) is 0 Å².